The van der Waals surface area contributed by atoms with Crippen LogP contribution in [0.1, 0.15) is 5.56 Å². The summed E-state index contributed by atoms with van der Waals surface area (Å²) < 4.78 is 27.4. The van der Waals surface area contributed by atoms with Gasteiger partial charge in [0.1, 0.15) is 6.07 Å². The zero-order valence-corrected chi connectivity index (χ0v) is 9.51. The molecule has 1 aromatic carbocycles. The highest BCUT2D eigenvalue weighted by atomic mass is 19.2. The van der Waals surface area contributed by atoms with Crippen molar-refractivity contribution in [3.05, 3.63) is 53.7 Å². The molecule has 0 atom stereocenters. The number of benzene rings is 1. The lowest BCUT2D eigenvalue weighted by atomic mass is 10.2. The van der Waals surface area contributed by atoms with Gasteiger partial charge >= 0.3 is 0 Å². The second-order valence-electron chi connectivity index (χ2n) is 3.90. The van der Waals surface area contributed by atoms with Crippen molar-refractivity contribution in [2.75, 3.05) is 0 Å². The molecule has 0 spiro atoms. The summed E-state index contributed by atoms with van der Waals surface area (Å²) in [4.78, 5) is 4.18. The van der Waals surface area contributed by atoms with E-state index in [4.69, 9.17) is 5.26 Å². The lowest BCUT2D eigenvalue weighted by Crippen LogP contribution is -1.89. The first-order valence-corrected chi connectivity index (χ1v) is 5.39. The standard InChI is InChI=1S/C13H6F2N4/c14-10-3-2-9(5-11(10)15)13-17-12-4-1-8(6-16)7-19(12)18-13/h1-5,7H. The molecule has 4 nitrogen and oxygen atoms in total. The summed E-state index contributed by atoms with van der Waals surface area (Å²) in [5.74, 6) is -1.60. The molecule has 0 aliphatic heterocycles. The maximum Gasteiger partial charge on any atom is 0.182 e. The molecule has 2 aromatic heterocycles. The van der Waals surface area contributed by atoms with Crippen molar-refractivity contribution >= 4 is 5.65 Å². The number of aromatic nitrogens is 3. The van der Waals surface area contributed by atoms with Crippen LogP contribution < -0.4 is 0 Å². The van der Waals surface area contributed by atoms with Gasteiger partial charge in [0.25, 0.3) is 0 Å². The molecule has 0 amide bonds. The van der Waals surface area contributed by atoms with Crippen molar-refractivity contribution in [3.63, 3.8) is 0 Å². The second kappa shape index (κ2) is 4.14. The second-order valence-corrected chi connectivity index (χ2v) is 3.90. The zero-order valence-electron chi connectivity index (χ0n) is 9.51. The highest BCUT2D eigenvalue weighted by molar-refractivity contribution is 5.58. The molecule has 0 N–H and O–H groups in total. The number of fused-ring (bicyclic) bond motifs is 1. The van der Waals surface area contributed by atoms with Crippen molar-refractivity contribution < 1.29 is 8.78 Å². The molecule has 19 heavy (non-hydrogen) atoms. The average molecular weight is 256 g/mol. The Bertz CT molecular complexity index is 817. The fourth-order valence-electron chi connectivity index (χ4n) is 1.71. The highest BCUT2D eigenvalue weighted by Crippen LogP contribution is 2.19. The third kappa shape index (κ3) is 1.91. The smallest absolute Gasteiger partial charge is 0.182 e. The van der Waals surface area contributed by atoms with E-state index in [0.717, 1.165) is 12.1 Å². The lowest BCUT2D eigenvalue weighted by Gasteiger charge is -1.95. The van der Waals surface area contributed by atoms with Gasteiger partial charge in [-0.05, 0) is 30.3 Å². The predicted molar refractivity (Wildman–Crippen MR) is 63.1 cm³/mol. The van der Waals surface area contributed by atoms with E-state index in [1.54, 1.807) is 12.1 Å². The fraction of sp³-hybridized carbons (Fsp3) is 0. The van der Waals surface area contributed by atoms with Crippen LogP contribution in [0.4, 0.5) is 8.78 Å². The third-order valence-corrected chi connectivity index (χ3v) is 2.64. The zero-order chi connectivity index (χ0) is 13.4. The minimum absolute atomic E-state index is 0.272. The van der Waals surface area contributed by atoms with Gasteiger partial charge in [0, 0.05) is 11.8 Å². The van der Waals surface area contributed by atoms with Crippen molar-refractivity contribution in [1.82, 2.24) is 14.6 Å². The van der Waals surface area contributed by atoms with Crippen LogP contribution >= 0.6 is 0 Å². The van der Waals surface area contributed by atoms with E-state index >= 15 is 0 Å². The minimum atomic E-state index is -0.950. The highest BCUT2D eigenvalue weighted by Gasteiger charge is 2.09. The molecule has 6 heteroatoms. The SMILES string of the molecule is N#Cc1ccc2nc(-c3ccc(F)c(F)c3)nn2c1. The Balaban J connectivity index is 2.15. The Morgan fingerprint density at radius 3 is 2.68 bits per heavy atom. The van der Waals surface area contributed by atoms with Gasteiger partial charge in [-0.25, -0.2) is 18.3 Å². The molecule has 0 radical (unpaired) electrons. The summed E-state index contributed by atoms with van der Waals surface area (Å²) in [5.41, 5.74) is 1.34. The van der Waals surface area contributed by atoms with E-state index in [1.165, 1.54) is 16.8 Å². The summed E-state index contributed by atoms with van der Waals surface area (Å²) in [5, 5.41) is 12.9. The van der Waals surface area contributed by atoms with Gasteiger partial charge < -0.3 is 0 Å². The minimum Gasteiger partial charge on any atom is -0.219 e. The number of pyridine rings is 1. The Hall–Kier alpha value is -2.81. The van der Waals surface area contributed by atoms with Gasteiger partial charge in [-0.2, -0.15) is 5.26 Å². The lowest BCUT2D eigenvalue weighted by molar-refractivity contribution is 0.509. The van der Waals surface area contributed by atoms with Crippen LogP contribution in [0.5, 0.6) is 0 Å². The predicted octanol–water partition coefficient (Wildman–Crippen LogP) is 2.55. The number of hydrogen-bond donors (Lipinski definition) is 0. The van der Waals surface area contributed by atoms with Gasteiger partial charge in [0.2, 0.25) is 0 Å². The van der Waals surface area contributed by atoms with Crippen LogP contribution in [0.2, 0.25) is 0 Å². The molecular formula is C13H6F2N4. The largest absolute Gasteiger partial charge is 0.219 e. The normalized spacial score (nSPS) is 10.6. The van der Waals surface area contributed by atoms with Crippen LogP contribution in [0.25, 0.3) is 17.0 Å². The summed E-state index contributed by atoms with van der Waals surface area (Å²) in [6.45, 7) is 0. The molecule has 0 saturated heterocycles. The van der Waals surface area contributed by atoms with Crippen molar-refractivity contribution in [2.45, 2.75) is 0 Å². The van der Waals surface area contributed by atoms with E-state index in [2.05, 4.69) is 10.1 Å². The van der Waals surface area contributed by atoms with Crippen molar-refractivity contribution in [2.24, 2.45) is 0 Å². The molecule has 0 aliphatic carbocycles. The van der Waals surface area contributed by atoms with Crippen molar-refractivity contribution in [3.8, 4) is 17.5 Å². The number of nitriles is 1. The maximum absolute atomic E-state index is 13.2. The molecular weight excluding hydrogens is 250 g/mol. The summed E-state index contributed by atoms with van der Waals surface area (Å²) in [6.07, 6.45) is 1.52. The van der Waals surface area contributed by atoms with E-state index in [1.807, 2.05) is 6.07 Å². The van der Waals surface area contributed by atoms with E-state index < -0.39 is 11.6 Å². The summed E-state index contributed by atoms with van der Waals surface area (Å²) in [7, 11) is 0. The number of hydrogen-bond acceptors (Lipinski definition) is 3. The maximum atomic E-state index is 13.2. The van der Waals surface area contributed by atoms with E-state index in [0.29, 0.717) is 16.8 Å². The number of rotatable bonds is 1. The van der Waals surface area contributed by atoms with Crippen molar-refractivity contribution in [1.29, 1.82) is 5.26 Å². The van der Waals surface area contributed by atoms with Gasteiger partial charge in [0.15, 0.2) is 23.1 Å². The first kappa shape index (κ1) is 11.3. The Labute approximate surface area is 106 Å². The molecule has 2 heterocycles. The van der Waals surface area contributed by atoms with Crippen LogP contribution in [0.3, 0.4) is 0 Å². The van der Waals surface area contributed by atoms with Crippen LogP contribution in [0, 0.1) is 23.0 Å². The van der Waals surface area contributed by atoms with Gasteiger partial charge in [-0.15, -0.1) is 5.10 Å². The Kier molecular flexibility index (Phi) is 2.46. The number of nitrogens with zero attached hydrogens (tertiary/aromatic N) is 4. The summed E-state index contributed by atoms with van der Waals surface area (Å²) in [6, 6.07) is 8.69. The monoisotopic (exact) mass is 256 g/mol. The summed E-state index contributed by atoms with van der Waals surface area (Å²) >= 11 is 0. The Morgan fingerprint density at radius 1 is 1.11 bits per heavy atom. The fourth-order valence-corrected chi connectivity index (χ4v) is 1.71. The first-order chi connectivity index (χ1) is 9.17. The molecule has 92 valence electrons. The Morgan fingerprint density at radius 2 is 1.95 bits per heavy atom. The number of halogens is 2. The van der Waals surface area contributed by atoms with Crippen LogP contribution in [-0.2, 0) is 0 Å². The van der Waals surface area contributed by atoms with E-state index in [-0.39, 0.29) is 5.82 Å². The first-order valence-electron chi connectivity index (χ1n) is 5.39. The molecule has 0 fully saturated rings. The van der Waals surface area contributed by atoms with E-state index in [9.17, 15) is 8.78 Å². The third-order valence-electron chi connectivity index (χ3n) is 2.64. The molecule has 0 unspecified atom stereocenters. The quantitative estimate of drug-likeness (QED) is 0.672. The topological polar surface area (TPSA) is 54.0 Å². The molecule has 0 saturated carbocycles. The molecule has 3 aromatic rings. The van der Waals surface area contributed by atoms with Crippen LogP contribution in [-0.4, -0.2) is 14.6 Å². The van der Waals surface area contributed by atoms with Gasteiger partial charge in [0.05, 0.1) is 5.56 Å². The molecule has 0 bridgehead atoms. The van der Waals surface area contributed by atoms with Crippen LogP contribution in [0.15, 0.2) is 36.5 Å². The average Bonchev–Trinajstić information content (AvgIpc) is 2.84. The molecule has 3 rings (SSSR count). The van der Waals surface area contributed by atoms with Gasteiger partial charge in [-0.3, -0.25) is 0 Å². The van der Waals surface area contributed by atoms with Gasteiger partial charge in [-0.1, -0.05) is 0 Å². The molecule has 0 aliphatic rings.